The summed E-state index contributed by atoms with van der Waals surface area (Å²) >= 11 is 0. The largest absolute Gasteiger partial charge is 0.456 e. The predicted molar refractivity (Wildman–Crippen MR) is 176 cm³/mol. The van der Waals surface area contributed by atoms with Crippen molar-refractivity contribution in [3.8, 4) is 11.1 Å². The minimum atomic E-state index is 0.861. The Morgan fingerprint density at radius 1 is 0.643 bits per heavy atom. The maximum atomic E-state index is 6.09. The van der Waals surface area contributed by atoms with Crippen molar-refractivity contribution >= 4 is 60.6 Å². The van der Waals surface area contributed by atoms with Crippen molar-refractivity contribution in [3.63, 3.8) is 0 Å². The van der Waals surface area contributed by atoms with Crippen LogP contribution in [0.1, 0.15) is 17.5 Å². The molecule has 0 atom stereocenters. The van der Waals surface area contributed by atoms with Crippen LogP contribution in [-0.4, -0.2) is 4.57 Å². The van der Waals surface area contributed by atoms with Crippen molar-refractivity contribution in [2.45, 2.75) is 6.42 Å². The van der Waals surface area contributed by atoms with Crippen molar-refractivity contribution in [2.24, 2.45) is 5.73 Å². The summed E-state index contributed by atoms with van der Waals surface area (Å²) in [4.78, 5) is 0. The van der Waals surface area contributed by atoms with Crippen LogP contribution >= 0.6 is 0 Å². The molecule has 2 heterocycles. The topological polar surface area (TPSA) is 44.1 Å². The third-order valence-corrected chi connectivity index (χ3v) is 8.87. The van der Waals surface area contributed by atoms with E-state index in [2.05, 4.69) is 114 Å². The number of nitrogens with zero attached hydrogens (tertiary/aromatic N) is 1. The fourth-order valence-electron chi connectivity index (χ4n) is 7.00. The number of benzene rings is 5. The van der Waals surface area contributed by atoms with E-state index in [-0.39, 0.29) is 0 Å². The highest BCUT2D eigenvalue weighted by Gasteiger charge is 2.27. The summed E-state index contributed by atoms with van der Waals surface area (Å²) in [7, 11) is 0. The first-order valence-electron chi connectivity index (χ1n) is 14.4. The van der Waals surface area contributed by atoms with Gasteiger partial charge in [0.15, 0.2) is 0 Å². The molecule has 7 aromatic rings. The SMILES string of the molecule is N/C=C\C1=C2CC=C(n3c4ccccc4c4cc(-c5ccc6oc7ccccc7c6c5)ccc43)C=C2c2ccccc21. The third kappa shape index (κ3) is 3.22. The number of furan rings is 1. The number of allylic oxidation sites excluding steroid dienone is 7. The van der Waals surface area contributed by atoms with E-state index in [0.717, 1.165) is 28.4 Å². The molecule has 198 valence electrons. The zero-order valence-electron chi connectivity index (χ0n) is 22.8. The molecule has 0 amide bonds. The molecule has 0 saturated carbocycles. The third-order valence-electron chi connectivity index (χ3n) is 8.87. The second-order valence-electron chi connectivity index (χ2n) is 11.1. The lowest BCUT2D eigenvalue weighted by Crippen LogP contribution is -2.00. The van der Waals surface area contributed by atoms with Crippen molar-refractivity contribution < 1.29 is 4.42 Å². The van der Waals surface area contributed by atoms with Gasteiger partial charge in [0, 0.05) is 27.2 Å². The standard InChI is InChI=1S/C39H26N2O/c40-20-19-30-27-7-1-2-8-28(27)33-23-26(15-16-29(30)33)41-36-11-5-3-9-31(36)34-21-24(13-17-37(34)41)25-14-18-39-35(22-25)32-10-4-6-12-38(32)42-39/h1-15,17-23H,16,40H2/b20-19-. The normalized spacial score (nSPS) is 14.8. The first-order valence-corrected chi connectivity index (χ1v) is 14.4. The Hall–Kier alpha value is -5.54. The molecule has 5 aromatic carbocycles. The Morgan fingerprint density at radius 2 is 1.33 bits per heavy atom. The van der Waals surface area contributed by atoms with Gasteiger partial charge in [0.05, 0.1) is 11.0 Å². The maximum Gasteiger partial charge on any atom is 0.135 e. The molecular weight excluding hydrogens is 512 g/mol. The fourth-order valence-corrected chi connectivity index (χ4v) is 7.00. The lowest BCUT2D eigenvalue weighted by molar-refractivity contribution is 0.669. The highest BCUT2D eigenvalue weighted by Crippen LogP contribution is 2.47. The minimum Gasteiger partial charge on any atom is -0.456 e. The molecule has 2 aliphatic carbocycles. The van der Waals surface area contributed by atoms with Gasteiger partial charge >= 0.3 is 0 Å². The van der Waals surface area contributed by atoms with Crippen molar-refractivity contribution in [3.05, 3.63) is 150 Å². The van der Waals surface area contributed by atoms with Gasteiger partial charge in [-0.1, -0.05) is 78.9 Å². The predicted octanol–water partition coefficient (Wildman–Crippen LogP) is 9.93. The van der Waals surface area contributed by atoms with Crippen LogP contribution in [0.25, 0.3) is 71.7 Å². The Kier molecular flexibility index (Phi) is 4.82. The molecule has 0 bridgehead atoms. The van der Waals surface area contributed by atoms with Gasteiger partial charge in [0.2, 0.25) is 0 Å². The molecule has 0 unspecified atom stereocenters. The summed E-state index contributed by atoms with van der Waals surface area (Å²) in [6.45, 7) is 0. The molecule has 0 saturated heterocycles. The van der Waals surface area contributed by atoms with Gasteiger partial charge in [0.1, 0.15) is 11.2 Å². The molecule has 42 heavy (non-hydrogen) atoms. The van der Waals surface area contributed by atoms with E-state index < -0.39 is 0 Å². The van der Waals surface area contributed by atoms with Gasteiger partial charge in [-0.05, 0) is 100 Å². The lowest BCUT2D eigenvalue weighted by Gasteiger charge is -2.17. The number of hydrogen-bond acceptors (Lipinski definition) is 2. The Labute approximate surface area is 242 Å². The van der Waals surface area contributed by atoms with E-state index in [0.29, 0.717) is 0 Å². The van der Waals surface area contributed by atoms with E-state index in [4.69, 9.17) is 10.2 Å². The van der Waals surface area contributed by atoms with Gasteiger partial charge in [0.25, 0.3) is 0 Å². The van der Waals surface area contributed by atoms with E-state index >= 15 is 0 Å². The van der Waals surface area contributed by atoms with Crippen LogP contribution in [0.2, 0.25) is 0 Å². The quantitative estimate of drug-likeness (QED) is 0.243. The molecule has 3 nitrogen and oxygen atoms in total. The van der Waals surface area contributed by atoms with E-state index in [1.165, 1.54) is 66.5 Å². The number of para-hydroxylation sites is 2. The molecule has 0 spiro atoms. The summed E-state index contributed by atoms with van der Waals surface area (Å²) in [6, 6.07) is 39.0. The zero-order chi connectivity index (χ0) is 27.8. The minimum absolute atomic E-state index is 0.861. The molecule has 0 fully saturated rings. The van der Waals surface area contributed by atoms with E-state index in [9.17, 15) is 0 Å². The van der Waals surface area contributed by atoms with Gasteiger partial charge in [-0.15, -0.1) is 0 Å². The molecule has 2 N–H and O–H groups in total. The van der Waals surface area contributed by atoms with Crippen LogP contribution in [0, 0.1) is 0 Å². The number of nitrogens with two attached hydrogens (primary N) is 1. The summed E-state index contributed by atoms with van der Waals surface area (Å²) in [5.41, 5.74) is 20.1. The first-order chi connectivity index (χ1) is 20.8. The maximum absolute atomic E-state index is 6.09. The van der Waals surface area contributed by atoms with Gasteiger partial charge in [-0.25, -0.2) is 0 Å². The molecule has 9 rings (SSSR count). The second-order valence-corrected chi connectivity index (χ2v) is 11.1. The average molecular weight is 539 g/mol. The number of rotatable bonds is 3. The molecule has 2 aromatic heterocycles. The molecule has 0 aliphatic heterocycles. The number of hydrogen-bond donors (Lipinski definition) is 1. The number of fused-ring (bicyclic) bond motifs is 9. The second kappa shape index (κ2) is 8.73. The van der Waals surface area contributed by atoms with Crippen LogP contribution in [0.5, 0.6) is 0 Å². The lowest BCUT2D eigenvalue weighted by atomic mass is 9.94. The summed E-state index contributed by atoms with van der Waals surface area (Å²) in [6.07, 6.45) is 9.26. The first kappa shape index (κ1) is 23.2. The molecule has 3 heteroatoms. The van der Waals surface area contributed by atoms with Gasteiger partial charge in [-0.3, -0.25) is 0 Å². The zero-order valence-corrected chi connectivity index (χ0v) is 22.8. The van der Waals surface area contributed by atoms with Crippen molar-refractivity contribution in [2.75, 3.05) is 0 Å². The van der Waals surface area contributed by atoms with Gasteiger partial charge < -0.3 is 14.7 Å². The summed E-state index contributed by atoms with van der Waals surface area (Å²) in [5.74, 6) is 0. The fraction of sp³-hybridized carbons (Fsp3) is 0.0256. The molecular formula is C39H26N2O. The van der Waals surface area contributed by atoms with E-state index in [1.54, 1.807) is 6.20 Å². The summed E-state index contributed by atoms with van der Waals surface area (Å²) in [5, 5.41) is 4.80. The van der Waals surface area contributed by atoms with Crippen molar-refractivity contribution in [1.82, 2.24) is 4.57 Å². The van der Waals surface area contributed by atoms with Gasteiger partial charge in [-0.2, -0.15) is 0 Å². The Morgan fingerprint density at radius 3 is 2.21 bits per heavy atom. The monoisotopic (exact) mass is 538 g/mol. The smallest absolute Gasteiger partial charge is 0.135 e. The Balaban J connectivity index is 1.22. The summed E-state index contributed by atoms with van der Waals surface area (Å²) < 4.78 is 8.51. The van der Waals surface area contributed by atoms with Crippen molar-refractivity contribution in [1.29, 1.82) is 0 Å². The van der Waals surface area contributed by atoms with Crippen LogP contribution in [-0.2, 0) is 0 Å². The van der Waals surface area contributed by atoms with E-state index in [1.807, 2.05) is 18.2 Å². The Bertz CT molecular complexity index is 2390. The molecule has 2 aliphatic rings. The highest BCUT2D eigenvalue weighted by atomic mass is 16.3. The van der Waals surface area contributed by atoms with Crippen LogP contribution in [0.15, 0.2) is 144 Å². The molecule has 0 radical (unpaired) electrons. The highest BCUT2D eigenvalue weighted by molar-refractivity contribution is 6.14. The van der Waals surface area contributed by atoms with Crippen LogP contribution in [0.4, 0.5) is 0 Å². The average Bonchev–Trinajstić information content (AvgIpc) is 3.68. The number of aromatic nitrogens is 1. The van der Waals surface area contributed by atoms with Crippen LogP contribution < -0.4 is 5.73 Å². The van der Waals surface area contributed by atoms with Crippen LogP contribution in [0.3, 0.4) is 0 Å².